The van der Waals surface area contributed by atoms with Crippen LogP contribution in [0.4, 0.5) is 9.80 Å². The van der Waals surface area contributed by atoms with Gasteiger partial charge in [0.2, 0.25) is 0 Å². The predicted molar refractivity (Wildman–Crippen MR) is 77.9 cm³/mol. The monoisotopic (exact) mass is 311 g/mol. The first-order valence-electron chi connectivity index (χ1n) is 6.59. The van der Waals surface area contributed by atoms with Crippen molar-refractivity contribution in [3.63, 3.8) is 0 Å². The van der Waals surface area contributed by atoms with Crippen molar-refractivity contribution in [2.45, 2.75) is 39.3 Å². The van der Waals surface area contributed by atoms with Crippen molar-refractivity contribution >= 4 is 28.3 Å². The summed E-state index contributed by atoms with van der Waals surface area (Å²) in [5, 5.41) is 15.0. The summed E-state index contributed by atoms with van der Waals surface area (Å²) in [7, 11) is 0. The fourth-order valence-corrected chi connectivity index (χ4v) is 3.29. The number of carbonyl (C=O) groups is 2. The Hall–Kier alpha value is -1.96. The lowest BCUT2D eigenvalue weighted by molar-refractivity contribution is -0.380. The molecule has 0 radical (unpaired) electrons. The van der Waals surface area contributed by atoms with Crippen LogP contribution in [-0.2, 0) is 11.3 Å². The minimum atomic E-state index is -0.896. The van der Waals surface area contributed by atoms with E-state index in [1.807, 2.05) is 13.8 Å². The van der Waals surface area contributed by atoms with Gasteiger partial charge in [0.05, 0.1) is 11.5 Å². The van der Waals surface area contributed by atoms with Gasteiger partial charge in [-0.25, -0.2) is 4.79 Å². The maximum atomic E-state index is 12.4. The number of hydrogen-bond donors (Lipinski definition) is 1. The topological polar surface area (TPSA) is 92.6 Å². The quantitative estimate of drug-likeness (QED) is 0.513. The number of amides is 3. The first-order chi connectivity index (χ1) is 9.73. The number of rotatable bonds is 5. The molecule has 0 spiro atoms. The van der Waals surface area contributed by atoms with Crippen LogP contribution in [0.5, 0.6) is 0 Å². The zero-order valence-electron chi connectivity index (χ0n) is 12.1. The Morgan fingerprint density at radius 3 is 2.67 bits per heavy atom. The van der Waals surface area contributed by atoms with Crippen LogP contribution < -0.4 is 5.32 Å². The van der Waals surface area contributed by atoms with Crippen LogP contribution in [0, 0.1) is 16.0 Å². The molecule has 0 saturated carbocycles. The van der Waals surface area contributed by atoms with E-state index >= 15 is 0 Å². The number of carbonyl (C=O) groups excluding carboxylic acids is 2. The fraction of sp³-hybridized carbons (Fsp3) is 0.538. The van der Waals surface area contributed by atoms with Gasteiger partial charge in [0.1, 0.15) is 5.54 Å². The van der Waals surface area contributed by atoms with Crippen LogP contribution in [0.15, 0.2) is 11.4 Å². The minimum absolute atomic E-state index is 0.00185. The van der Waals surface area contributed by atoms with Crippen LogP contribution in [0.1, 0.15) is 32.8 Å². The van der Waals surface area contributed by atoms with Gasteiger partial charge in [-0.05, 0) is 24.8 Å². The van der Waals surface area contributed by atoms with Gasteiger partial charge in [-0.15, -0.1) is 0 Å². The van der Waals surface area contributed by atoms with E-state index in [-0.39, 0.29) is 23.4 Å². The zero-order chi connectivity index (χ0) is 15.8. The van der Waals surface area contributed by atoms with Crippen LogP contribution >= 0.6 is 11.3 Å². The summed E-state index contributed by atoms with van der Waals surface area (Å²) in [5.74, 6) is -0.0171. The SMILES string of the molecule is CC(C)C[C@@]1(C)NC(=O)N(Cc2csc([N+](=O)[O-])c2)C1=O. The molecule has 8 heteroatoms. The zero-order valence-corrected chi connectivity index (χ0v) is 12.9. The largest absolute Gasteiger partial charge is 0.325 e. The van der Waals surface area contributed by atoms with E-state index in [0.717, 1.165) is 16.2 Å². The Morgan fingerprint density at radius 1 is 1.48 bits per heavy atom. The number of nitro groups is 1. The molecule has 1 fully saturated rings. The molecule has 2 rings (SSSR count). The number of nitrogens with one attached hydrogen (secondary N) is 1. The normalized spacial score (nSPS) is 22.0. The van der Waals surface area contributed by atoms with Gasteiger partial charge in [-0.2, -0.15) is 0 Å². The van der Waals surface area contributed by atoms with E-state index in [1.165, 1.54) is 6.07 Å². The Morgan fingerprint density at radius 2 is 2.14 bits per heavy atom. The highest BCUT2D eigenvalue weighted by Crippen LogP contribution is 2.28. The molecular weight excluding hydrogens is 294 g/mol. The minimum Gasteiger partial charge on any atom is -0.323 e. The highest BCUT2D eigenvalue weighted by Gasteiger charge is 2.47. The summed E-state index contributed by atoms with van der Waals surface area (Å²) in [6, 6.07) is 0.945. The van der Waals surface area contributed by atoms with Crippen molar-refractivity contribution in [3.05, 3.63) is 27.1 Å². The molecule has 0 unspecified atom stereocenters. The third kappa shape index (κ3) is 3.05. The van der Waals surface area contributed by atoms with Crippen molar-refractivity contribution in [3.8, 4) is 0 Å². The number of nitrogens with zero attached hydrogens (tertiary/aromatic N) is 2. The maximum absolute atomic E-state index is 12.4. The van der Waals surface area contributed by atoms with E-state index < -0.39 is 16.5 Å². The first-order valence-corrected chi connectivity index (χ1v) is 7.47. The second-order valence-corrected chi connectivity index (χ2v) is 6.69. The third-order valence-corrected chi connectivity index (χ3v) is 4.25. The number of imide groups is 1. The molecule has 7 nitrogen and oxygen atoms in total. The molecule has 2 heterocycles. The highest BCUT2D eigenvalue weighted by atomic mass is 32.1. The molecular formula is C13H17N3O4S. The Labute approximate surface area is 126 Å². The van der Waals surface area contributed by atoms with Crippen LogP contribution in [0.25, 0.3) is 0 Å². The van der Waals surface area contributed by atoms with E-state index in [2.05, 4.69) is 5.32 Å². The van der Waals surface area contributed by atoms with Gasteiger partial charge in [-0.3, -0.25) is 19.8 Å². The van der Waals surface area contributed by atoms with Crippen molar-refractivity contribution in [2.24, 2.45) is 5.92 Å². The van der Waals surface area contributed by atoms with Crippen LogP contribution in [0.2, 0.25) is 0 Å². The summed E-state index contributed by atoms with van der Waals surface area (Å²) < 4.78 is 0. The third-order valence-electron chi connectivity index (χ3n) is 3.32. The lowest BCUT2D eigenvalue weighted by Gasteiger charge is -2.23. The predicted octanol–water partition coefficient (Wildman–Crippen LogP) is 2.51. The lowest BCUT2D eigenvalue weighted by Crippen LogP contribution is -2.44. The molecule has 0 aromatic carbocycles. The Bertz CT molecular complexity index is 598. The molecule has 1 aromatic heterocycles. The molecule has 21 heavy (non-hydrogen) atoms. The Balaban J connectivity index is 2.15. The van der Waals surface area contributed by atoms with Crippen molar-refractivity contribution < 1.29 is 14.5 Å². The van der Waals surface area contributed by atoms with Crippen LogP contribution in [-0.4, -0.2) is 27.3 Å². The molecule has 3 amide bonds. The van der Waals surface area contributed by atoms with Gasteiger partial charge in [0, 0.05) is 11.4 Å². The van der Waals surface area contributed by atoms with E-state index in [0.29, 0.717) is 12.0 Å². The molecule has 1 aromatic rings. The van der Waals surface area contributed by atoms with E-state index in [1.54, 1.807) is 12.3 Å². The summed E-state index contributed by atoms with van der Waals surface area (Å²) in [5.41, 5.74) is -0.309. The van der Waals surface area contributed by atoms with Gasteiger partial charge in [0.25, 0.3) is 5.91 Å². The lowest BCUT2D eigenvalue weighted by atomic mass is 9.91. The molecule has 1 aliphatic heterocycles. The molecule has 1 saturated heterocycles. The second-order valence-electron chi connectivity index (χ2n) is 5.80. The first kappa shape index (κ1) is 15.4. The summed E-state index contributed by atoms with van der Waals surface area (Å²) >= 11 is 0.985. The van der Waals surface area contributed by atoms with Gasteiger partial charge in [0.15, 0.2) is 0 Å². The summed E-state index contributed by atoms with van der Waals surface area (Å²) in [6.07, 6.45) is 0.553. The molecule has 1 aliphatic rings. The standard InChI is InChI=1S/C13H17N3O4S/c1-8(2)5-13(3)11(17)15(12(18)14-13)6-9-4-10(16(19)20)21-7-9/h4,7-8H,5-6H2,1-3H3,(H,14,18)/t13-/m1/s1. The van der Waals surface area contributed by atoms with Gasteiger partial charge < -0.3 is 5.32 Å². The number of hydrogen-bond acceptors (Lipinski definition) is 5. The maximum Gasteiger partial charge on any atom is 0.325 e. The molecule has 1 N–H and O–H groups in total. The molecule has 1 atom stereocenters. The fourth-order valence-electron chi connectivity index (χ4n) is 2.57. The smallest absolute Gasteiger partial charge is 0.323 e. The molecule has 0 aliphatic carbocycles. The summed E-state index contributed by atoms with van der Waals surface area (Å²) in [4.78, 5) is 35.7. The van der Waals surface area contributed by atoms with E-state index in [4.69, 9.17) is 0 Å². The number of thiophene rings is 1. The second kappa shape index (κ2) is 5.44. The summed E-state index contributed by atoms with van der Waals surface area (Å²) in [6.45, 7) is 5.73. The average Bonchev–Trinajstić information content (AvgIpc) is 2.88. The Kier molecular flexibility index (Phi) is 3.99. The van der Waals surface area contributed by atoms with Crippen molar-refractivity contribution in [2.75, 3.05) is 0 Å². The average molecular weight is 311 g/mol. The molecule has 114 valence electrons. The van der Waals surface area contributed by atoms with Crippen LogP contribution in [0.3, 0.4) is 0 Å². The van der Waals surface area contributed by atoms with Gasteiger partial charge in [-0.1, -0.05) is 25.2 Å². The van der Waals surface area contributed by atoms with E-state index in [9.17, 15) is 19.7 Å². The number of urea groups is 1. The highest BCUT2D eigenvalue weighted by molar-refractivity contribution is 7.13. The van der Waals surface area contributed by atoms with Crippen molar-refractivity contribution in [1.82, 2.24) is 10.2 Å². The molecule has 0 bridgehead atoms. The van der Waals surface area contributed by atoms with Gasteiger partial charge >= 0.3 is 11.0 Å². The van der Waals surface area contributed by atoms with Crippen molar-refractivity contribution in [1.29, 1.82) is 0 Å².